The molecule has 7 heteroatoms. The van der Waals surface area contributed by atoms with Gasteiger partial charge in [-0.25, -0.2) is 0 Å². The summed E-state index contributed by atoms with van der Waals surface area (Å²) in [6.07, 6.45) is -6.66. The van der Waals surface area contributed by atoms with Crippen LogP contribution in [0.15, 0.2) is 60.7 Å². The molecular formula is C22H27F3O3Si. The molecule has 2 aromatic carbocycles. The van der Waals surface area contributed by atoms with Crippen molar-refractivity contribution >= 4 is 18.7 Å². The third kappa shape index (κ3) is 4.74. The van der Waals surface area contributed by atoms with Gasteiger partial charge < -0.3 is 13.9 Å². The second kappa shape index (κ2) is 8.59. The zero-order valence-electron chi connectivity index (χ0n) is 16.9. The summed E-state index contributed by atoms with van der Waals surface area (Å²) in [6, 6.07) is 20.2. The van der Waals surface area contributed by atoms with Crippen molar-refractivity contribution in [3.8, 4) is 0 Å². The number of alkyl halides is 3. The fraction of sp³-hybridized carbons (Fsp3) is 0.455. The summed E-state index contributed by atoms with van der Waals surface area (Å²) < 4.78 is 54.8. The van der Waals surface area contributed by atoms with E-state index in [1.807, 2.05) is 36.4 Å². The fourth-order valence-corrected chi connectivity index (χ4v) is 8.47. The Bertz CT molecular complexity index is 728. The normalized spacial score (nSPS) is 21.2. The molecule has 29 heavy (non-hydrogen) atoms. The molecule has 1 heterocycles. The third-order valence-electron chi connectivity index (χ3n) is 5.19. The lowest BCUT2D eigenvalue weighted by Crippen LogP contribution is -2.67. The lowest BCUT2D eigenvalue weighted by molar-refractivity contribution is -0.335. The quantitative estimate of drug-likeness (QED) is 0.676. The molecule has 1 fully saturated rings. The average molecular weight is 425 g/mol. The predicted octanol–water partition coefficient (Wildman–Crippen LogP) is 4.11. The minimum Gasteiger partial charge on any atom is -0.407 e. The topological polar surface area (TPSA) is 27.7 Å². The van der Waals surface area contributed by atoms with Gasteiger partial charge in [0.05, 0.1) is 13.2 Å². The molecule has 158 valence electrons. The molecule has 0 spiro atoms. The highest BCUT2D eigenvalue weighted by molar-refractivity contribution is 6.99. The summed E-state index contributed by atoms with van der Waals surface area (Å²) in [5.41, 5.74) is 0. The first-order valence-corrected chi connectivity index (χ1v) is 11.6. The van der Waals surface area contributed by atoms with E-state index < -0.39 is 20.8 Å². The molecule has 0 amide bonds. The van der Waals surface area contributed by atoms with E-state index in [2.05, 4.69) is 45.0 Å². The van der Waals surface area contributed by atoms with E-state index in [0.717, 1.165) is 10.4 Å². The van der Waals surface area contributed by atoms with Gasteiger partial charge in [0.2, 0.25) is 0 Å². The third-order valence-corrected chi connectivity index (χ3v) is 10.2. The van der Waals surface area contributed by atoms with Crippen molar-refractivity contribution in [1.82, 2.24) is 0 Å². The van der Waals surface area contributed by atoms with Gasteiger partial charge in [-0.2, -0.15) is 13.2 Å². The second-order valence-electron chi connectivity index (χ2n) is 8.38. The van der Waals surface area contributed by atoms with Gasteiger partial charge in [0.1, 0.15) is 0 Å². The van der Waals surface area contributed by atoms with Crippen LogP contribution in [0, 0.1) is 5.92 Å². The molecule has 0 atom stereocenters. The molecule has 3 nitrogen and oxygen atoms in total. The maximum atomic E-state index is 12.8. The van der Waals surface area contributed by atoms with Crippen molar-refractivity contribution < 1.29 is 27.1 Å². The van der Waals surface area contributed by atoms with E-state index in [9.17, 15) is 13.2 Å². The van der Waals surface area contributed by atoms with Crippen molar-refractivity contribution in [2.24, 2.45) is 5.92 Å². The molecule has 0 unspecified atom stereocenters. The maximum absolute atomic E-state index is 12.8. The highest BCUT2D eigenvalue weighted by Gasteiger charge is 2.51. The SMILES string of the molecule is CC(C)(C)[Si](OCC1COC(C(F)(F)F)OC1)(c1ccccc1)c1ccccc1. The highest BCUT2D eigenvalue weighted by Crippen LogP contribution is 2.37. The Hall–Kier alpha value is -1.67. The Morgan fingerprint density at radius 2 is 1.31 bits per heavy atom. The minimum absolute atomic E-state index is 0.0393. The Morgan fingerprint density at radius 3 is 1.69 bits per heavy atom. The summed E-state index contributed by atoms with van der Waals surface area (Å²) in [7, 11) is -2.72. The summed E-state index contributed by atoms with van der Waals surface area (Å²) in [5, 5.41) is 2.06. The molecule has 0 N–H and O–H groups in total. The van der Waals surface area contributed by atoms with Gasteiger partial charge in [-0.15, -0.1) is 0 Å². The van der Waals surface area contributed by atoms with Crippen LogP contribution in [0.25, 0.3) is 0 Å². The van der Waals surface area contributed by atoms with Crippen molar-refractivity contribution in [1.29, 1.82) is 0 Å². The van der Waals surface area contributed by atoms with Crippen LogP contribution >= 0.6 is 0 Å². The maximum Gasteiger partial charge on any atom is 0.440 e. The lowest BCUT2D eigenvalue weighted by Gasteiger charge is -2.44. The first-order chi connectivity index (χ1) is 13.6. The number of halogens is 3. The average Bonchev–Trinajstić information content (AvgIpc) is 2.69. The van der Waals surface area contributed by atoms with Crippen molar-refractivity contribution in [2.75, 3.05) is 19.8 Å². The van der Waals surface area contributed by atoms with Gasteiger partial charge in [0.25, 0.3) is 14.6 Å². The minimum atomic E-state index is -4.51. The van der Waals surface area contributed by atoms with Crippen molar-refractivity contribution in [3.05, 3.63) is 60.7 Å². The molecule has 0 aromatic heterocycles. The summed E-state index contributed by atoms with van der Waals surface area (Å²) in [6.45, 7) is 6.68. The Morgan fingerprint density at radius 1 is 0.862 bits per heavy atom. The zero-order valence-corrected chi connectivity index (χ0v) is 17.9. The van der Waals surface area contributed by atoms with Crippen LogP contribution in [-0.2, 0) is 13.9 Å². The molecule has 0 bridgehead atoms. The molecule has 1 saturated heterocycles. The van der Waals surface area contributed by atoms with Gasteiger partial charge >= 0.3 is 6.18 Å². The fourth-order valence-electron chi connectivity index (χ4n) is 3.83. The molecule has 1 aliphatic heterocycles. The summed E-state index contributed by atoms with van der Waals surface area (Å²) >= 11 is 0. The van der Waals surface area contributed by atoms with E-state index in [1.54, 1.807) is 0 Å². The Kier molecular flexibility index (Phi) is 6.53. The molecule has 3 rings (SSSR count). The molecule has 2 aromatic rings. The van der Waals surface area contributed by atoms with Crippen LogP contribution in [0.4, 0.5) is 13.2 Å². The van der Waals surface area contributed by atoms with Crippen molar-refractivity contribution in [3.63, 3.8) is 0 Å². The van der Waals surface area contributed by atoms with Gasteiger partial charge in [-0.1, -0.05) is 81.4 Å². The molecule has 0 saturated carbocycles. The van der Waals surface area contributed by atoms with Gasteiger partial charge in [0.15, 0.2) is 0 Å². The summed E-state index contributed by atoms with van der Waals surface area (Å²) in [5.74, 6) is -0.254. The Labute approximate surface area is 170 Å². The summed E-state index contributed by atoms with van der Waals surface area (Å²) in [4.78, 5) is 0. The highest BCUT2D eigenvalue weighted by atomic mass is 28.4. The largest absolute Gasteiger partial charge is 0.440 e. The monoisotopic (exact) mass is 424 g/mol. The van der Waals surface area contributed by atoms with Gasteiger partial charge in [-0.3, -0.25) is 0 Å². The van der Waals surface area contributed by atoms with Crippen LogP contribution in [0.1, 0.15) is 20.8 Å². The standard InChI is InChI=1S/C22H27F3O3Si/c1-21(2,3)29(18-10-6-4-7-11-18,19-12-8-5-9-13-19)28-16-17-14-26-20(27-15-17)22(23,24)25/h4-13,17,20H,14-16H2,1-3H3. The number of hydrogen-bond acceptors (Lipinski definition) is 3. The van der Waals surface area contributed by atoms with Crippen LogP contribution in [0.2, 0.25) is 5.04 Å². The van der Waals surface area contributed by atoms with Gasteiger partial charge in [0, 0.05) is 12.5 Å². The predicted molar refractivity (Wildman–Crippen MR) is 109 cm³/mol. The van der Waals surface area contributed by atoms with Crippen LogP contribution in [0.5, 0.6) is 0 Å². The van der Waals surface area contributed by atoms with Crippen LogP contribution in [0.3, 0.4) is 0 Å². The second-order valence-corrected chi connectivity index (χ2v) is 12.7. The molecule has 1 aliphatic rings. The van der Waals surface area contributed by atoms with Crippen LogP contribution < -0.4 is 10.4 Å². The molecule has 0 aliphatic carbocycles. The number of ether oxygens (including phenoxy) is 2. The first kappa shape index (κ1) is 22.0. The lowest BCUT2D eigenvalue weighted by atomic mass is 10.2. The van der Waals surface area contributed by atoms with E-state index in [0.29, 0.717) is 0 Å². The molecular weight excluding hydrogens is 397 g/mol. The first-order valence-electron chi connectivity index (χ1n) is 9.69. The Balaban J connectivity index is 1.87. The molecule has 0 radical (unpaired) electrons. The van der Waals surface area contributed by atoms with E-state index in [4.69, 9.17) is 13.9 Å². The van der Waals surface area contributed by atoms with Crippen LogP contribution in [-0.4, -0.2) is 40.6 Å². The van der Waals surface area contributed by atoms with E-state index >= 15 is 0 Å². The smallest absolute Gasteiger partial charge is 0.407 e. The number of hydrogen-bond donors (Lipinski definition) is 0. The van der Waals surface area contributed by atoms with Crippen molar-refractivity contribution in [2.45, 2.75) is 38.3 Å². The van der Waals surface area contributed by atoms with E-state index in [-0.39, 0.29) is 30.8 Å². The van der Waals surface area contributed by atoms with Gasteiger partial charge in [-0.05, 0) is 15.4 Å². The zero-order chi connectivity index (χ0) is 21.1. The number of rotatable bonds is 5. The number of benzene rings is 2. The van der Waals surface area contributed by atoms with E-state index in [1.165, 1.54) is 0 Å².